The van der Waals surface area contributed by atoms with E-state index in [9.17, 15) is 9.59 Å². The molecule has 1 aliphatic rings. The molecule has 146 valence electrons. The van der Waals surface area contributed by atoms with Gasteiger partial charge in [-0.05, 0) is 42.0 Å². The van der Waals surface area contributed by atoms with E-state index in [-0.39, 0.29) is 24.7 Å². The third-order valence-corrected chi connectivity index (χ3v) is 4.23. The first-order valence-corrected chi connectivity index (χ1v) is 8.72. The van der Waals surface area contributed by atoms with Crippen molar-refractivity contribution >= 4 is 18.1 Å². The summed E-state index contributed by atoms with van der Waals surface area (Å²) in [6.07, 6.45) is 1.54. The third kappa shape index (κ3) is 4.27. The molecule has 4 rings (SSSR count). The largest absolute Gasteiger partial charge is 0.478 e. The Morgan fingerprint density at radius 3 is 2.62 bits per heavy atom. The maximum atomic E-state index is 12.0. The van der Waals surface area contributed by atoms with Crippen LogP contribution in [0, 0.1) is 0 Å². The number of carboxylic acids is 1. The van der Waals surface area contributed by atoms with Crippen molar-refractivity contribution in [3.8, 4) is 22.8 Å². The monoisotopic (exact) mass is 392 g/mol. The SMILES string of the molecule is O=C(Cc1ccc2c(c1)OCO2)N/N=C/c1ccc(-c2ccc(C(=O)O)cc2)o1. The molecule has 2 heterocycles. The molecule has 0 atom stereocenters. The van der Waals surface area contributed by atoms with E-state index in [1.165, 1.54) is 18.3 Å². The predicted molar refractivity (Wildman–Crippen MR) is 103 cm³/mol. The van der Waals surface area contributed by atoms with Gasteiger partial charge in [-0.3, -0.25) is 4.79 Å². The highest BCUT2D eigenvalue weighted by Gasteiger charge is 2.14. The van der Waals surface area contributed by atoms with Crippen LogP contribution in [-0.4, -0.2) is 30.0 Å². The molecule has 0 fully saturated rings. The van der Waals surface area contributed by atoms with Crippen molar-refractivity contribution in [3.05, 3.63) is 71.5 Å². The highest BCUT2D eigenvalue weighted by molar-refractivity contribution is 5.88. The quantitative estimate of drug-likeness (QED) is 0.493. The molecule has 8 heteroatoms. The number of amides is 1. The van der Waals surface area contributed by atoms with Crippen LogP contribution >= 0.6 is 0 Å². The van der Waals surface area contributed by atoms with E-state index in [1.807, 2.05) is 0 Å². The van der Waals surface area contributed by atoms with Crippen molar-refractivity contribution in [2.75, 3.05) is 6.79 Å². The van der Waals surface area contributed by atoms with E-state index in [4.69, 9.17) is 19.0 Å². The molecule has 3 aromatic rings. The molecule has 2 aromatic carbocycles. The number of hydrogen-bond acceptors (Lipinski definition) is 6. The highest BCUT2D eigenvalue weighted by Crippen LogP contribution is 2.32. The van der Waals surface area contributed by atoms with Crippen LogP contribution in [0.2, 0.25) is 0 Å². The lowest BCUT2D eigenvalue weighted by Crippen LogP contribution is -2.19. The molecule has 0 bridgehead atoms. The summed E-state index contributed by atoms with van der Waals surface area (Å²) in [4.78, 5) is 22.9. The summed E-state index contributed by atoms with van der Waals surface area (Å²) in [5.74, 6) is 1.04. The Labute approximate surface area is 165 Å². The van der Waals surface area contributed by atoms with Gasteiger partial charge >= 0.3 is 5.97 Å². The number of fused-ring (bicyclic) bond motifs is 1. The summed E-state index contributed by atoms with van der Waals surface area (Å²) in [6.45, 7) is 0.185. The average Bonchev–Trinajstić information content (AvgIpc) is 3.37. The average molecular weight is 392 g/mol. The number of ether oxygens (including phenoxy) is 2. The molecule has 8 nitrogen and oxygen atoms in total. The maximum absolute atomic E-state index is 12.0. The number of rotatable bonds is 6. The van der Waals surface area contributed by atoms with Crippen molar-refractivity contribution in [2.45, 2.75) is 6.42 Å². The zero-order valence-electron chi connectivity index (χ0n) is 15.1. The number of nitrogens with one attached hydrogen (secondary N) is 1. The molecule has 0 unspecified atom stereocenters. The second-order valence-corrected chi connectivity index (χ2v) is 6.24. The van der Waals surface area contributed by atoms with Crippen LogP contribution in [-0.2, 0) is 11.2 Å². The number of aromatic carboxylic acids is 1. The fourth-order valence-corrected chi connectivity index (χ4v) is 2.80. The Bertz CT molecular complexity index is 1080. The van der Waals surface area contributed by atoms with Gasteiger partial charge in [0.1, 0.15) is 11.5 Å². The van der Waals surface area contributed by atoms with E-state index in [0.29, 0.717) is 23.0 Å². The molecule has 0 aliphatic carbocycles. The molecular weight excluding hydrogens is 376 g/mol. The summed E-state index contributed by atoms with van der Waals surface area (Å²) >= 11 is 0. The van der Waals surface area contributed by atoms with Gasteiger partial charge in [-0.1, -0.05) is 18.2 Å². The zero-order chi connectivity index (χ0) is 20.2. The summed E-state index contributed by atoms with van der Waals surface area (Å²) in [5, 5.41) is 12.8. The van der Waals surface area contributed by atoms with Crippen molar-refractivity contribution < 1.29 is 28.6 Å². The Kier molecular flexibility index (Phi) is 4.98. The lowest BCUT2D eigenvalue weighted by Gasteiger charge is -2.02. The molecule has 0 saturated carbocycles. The third-order valence-electron chi connectivity index (χ3n) is 4.23. The van der Waals surface area contributed by atoms with Crippen LogP contribution in [0.5, 0.6) is 11.5 Å². The van der Waals surface area contributed by atoms with Gasteiger partial charge in [0.2, 0.25) is 12.7 Å². The first kappa shape index (κ1) is 18.3. The van der Waals surface area contributed by atoms with E-state index < -0.39 is 5.97 Å². The van der Waals surface area contributed by atoms with Crippen LogP contribution in [0.15, 0.2) is 64.1 Å². The number of carboxylic acid groups (broad SMARTS) is 1. The second kappa shape index (κ2) is 7.89. The van der Waals surface area contributed by atoms with Crippen LogP contribution in [0.1, 0.15) is 21.7 Å². The van der Waals surface area contributed by atoms with Crippen LogP contribution in [0.4, 0.5) is 0 Å². The molecule has 1 aromatic heterocycles. The van der Waals surface area contributed by atoms with Gasteiger partial charge in [0.05, 0.1) is 18.2 Å². The van der Waals surface area contributed by atoms with Crippen molar-refractivity contribution in [1.29, 1.82) is 0 Å². The fraction of sp³-hybridized carbons (Fsp3) is 0.0952. The molecule has 2 N–H and O–H groups in total. The van der Waals surface area contributed by atoms with Gasteiger partial charge in [-0.25, -0.2) is 10.2 Å². The number of carbonyl (C=O) groups excluding carboxylic acids is 1. The van der Waals surface area contributed by atoms with Crippen LogP contribution < -0.4 is 14.9 Å². The van der Waals surface area contributed by atoms with Gasteiger partial charge in [0, 0.05) is 5.56 Å². The van der Waals surface area contributed by atoms with Gasteiger partial charge < -0.3 is 19.0 Å². The predicted octanol–water partition coefficient (Wildman–Crippen LogP) is 3.07. The van der Waals surface area contributed by atoms with Gasteiger partial charge in [-0.2, -0.15) is 5.10 Å². The molecule has 1 amide bonds. The second-order valence-electron chi connectivity index (χ2n) is 6.24. The van der Waals surface area contributed by atoms with Crippen LogP contribution in [0.3, 0.4) is 0 Å². The Morgan fingerprint density at radius 2 is 1.83 bits per heavy atom. The standard InChI is InChI=1S/C21H16N2O6/c24-20(10-13-1-7-18-19(9-13)28-12-27-18)23-22-11-16-6-8-17(29-16)14-2-4-15(5-3-14)21(25)26/h1-9,11H,10,12H2,(H,23,24)(H,25,26)/b22-11+. The van der Waals surface area contributed by atoms with Crippen molar-refractivity contribution in [3.63, 3.8) is 0 Å². The summed E-state index contributed by atoms with van der Waals surface area (Å²) in [7, 11) is 0. The molecule has 0 radical (unpaired) electrons. The summed E-state index contributed by atoms with van der Waals surface area (Å²) < 4.78 is 16.2. The van der Waals surface area contributed by atoms with E-state index >= 15 is 0 Å². The number of benzene rings is 2. The minimum atomic E-state index is -0.986. The van der Waals surface area contributed by atoms with E-state index in [2.05, 4.69) is 10.5 Å². The topological polar surface area (TPSA) is 110 Å². The van der Waals surface area contributed by atoms with Crippen LogP contribution in [0.25, 0.3) is 11.3 Å². The molecule has 0 spiro atoms. The smallest absolute Gasteiger partial charge is 0.335 e. The maximum Gasteiger partial charge on any atom is 0.335 e. The van der Waals surface area contributed by atoms with Gasteiger partial charge in [-0.15, -0.1) is 0 Å². The lowest BCUT2D eigenvalue weighted by atomic mass is 10.1. The Balaban J connectivity index is 1.33. The number of carbonyl (C=O) groups is 2. The number of nitrogens with zero attached hydrogens (tertiary/aromatic N) is 1. The molecule has 0 saturated heterocycles. The van der Waals surface area contributed by atoms with E-state index in [1.54, 1.807) is 42.5 Å². The molecule has 1 aliphatic heterocycles. The normalized spacial score (nSPS) is 12.3. The Hall–Kier alpha value is -4.07. The molecule has 29 heavy (non-hydrogen) atoms. The fourth-order valence-electron chi connectivity index (χ4n) is 2.80. The first-order chi connectivity index (χ1) is 14.1. The lowest BCUT2D eigenvalue weighted by molar-refractivity contribution is -0.120. The summed E-state index contributed by atoms with van der Waals surface area (Å²) in [6, 6.07) is 15.1. The van der Waals surface area contributed by atoms with Gasteiger partial charge in [0.15, 0.2) is 11.5 Å². The van der Waals surface area contributed by atoms with Gasteiger partial charge in [0.25, 0.3) is 0 Å². The summed E-state index contributed by atoms with van der Waals surface area (Å²) in [5.41, 5.74) is 4.17. The van der Waals surface area contributed by atoms with Crippen molar-refractivity contribution in [1.82, 2.24) is 5.43 Å². The van der Waals surface area contributed by atoms with E-state index in [0.717, 1.165) is 11.1 Å². The highest BCUT2D eigenvalue weighted by atomic mass is 16.7. The number of hydrogen-bond donors (Lipinski definition) is 2. The minimum absolute atomic E-state index is 0.146. The number of hydrazone groups is 1. The zero-order valence-corrected chi connectivity index (χ0v) is 15.1. The first-order valence-electron chi connectivity index (χ1n) is 8.72. The molecular formula is C21H16N2O6. The van der Waals surface area contributed by atoms with Crippen molar-refractivity contribution in [2.24, 2.45) is 5.10 Å². The minimum Gasteiger partial charge on any atom is -0.478 e. The Morgan fingerprint density at radius 1 is 1.03 bits per heavy atom. The number of furan rings is 1.